The fourth-order valence-corrected chi connectivity index (χ4v) is 1.97. The van der Waals surface area contributed by atoms with Gasteiger partial charge in [-0.15, -0.1) is 0 Å². The van der Waals surface area contributed by atoms with Gasteiger partial charge in [0, 0.05) is 23.8 Å². The van der Waals surface area contributed by atoms with E-state index in [1.54, 1.807) is 6.33 Å². The predicted octanol–water partition coefficient (Wildman–Crippen LogP) is 0.401. The highest BCUT2D eigenvalue weighted by atomic mass is 32.1. The van der Waals surface area contributed by atoms with Gasteiger partial charge in [-0.1, -0.05) is 11.3 Å². The molecule has 0 fully saturated rings. The van der Waals surface area contributed by atoms with Gasteiger partial charge in [-0.05, 0) is 7.05 Å². The summed E-state index contributed by atoms with van der Waals surface area (Å²) in [7, 11) is 1.89. The summed E-state index contributed by atoms with van der Waals surface area (Å²) in [5.74, 6) is 0. The molecule has 0 bridgehead atoms. The van der Waals surface area contributed by atoms with E-state index < -0.39 is 0 Å². The SMILES string of the molecule is CNCc1cncn1Cc1csc(=O)[nH]1. The molecule has 2 rings (SSSR count). The molecule has 5 nitrogen and oxygen atoms in total. The van der Waals surface area contributed by atoms with E-state index >= 15 is 0 Å². The quantitative estimate of drug-likeness (QED) is 0.790. The van der Waals surface area contributed by atoms with E-state index in [0.717, 1.165) is 17.9 Å². The number of thiazole rings is 1. The first-order valence-corrected chi connectivity index (χ1v) is 5.48. The third-order valence-corrected chi connectivity index (χ3v) is 2.79. The number of aromatic amines is 1. The summed E-state index contributed by atoms with van der Waals surface area (Å²) in [5, 5.41) is 4.91. The molecular formula is C9H12N4OS. The Balaban J connectivity index is 2.16. The van der Waals surface area contributed by atoms with E-state index in [2.05, 4.69) is 15.3 Å². The highest BCUT2D eigenvalue weighted by Gasteiger charge is 2.03. The van der Waals surface area contributed by atoms with Crippen LogP contribution in [0.2, 0.25) is 0 Å². The second-order valence-electron chi connectivity index (χ2n) is 3.22. The molecule has 0 atom stereocenters. The zero-order chi connectivity index (χ0) is 10.7. The number of nitrogens with one attached hydrogen (secondary N) is 2. The van der Waals surface area contributed by atoms with Gasteiger partial charge in [0.1, 0.15) is 0 Å². The highest BCUT2D eigenvalue weighted by molar-refractivity contribution is 7.07. The molecule has 2 N–H and O–H groups in total. The van der Waals surface area contributed by atoms with Gasteiger partial charge in [-0.3, -0.25) is 4.79 Å². The van der Waals surface area contributed by atoms with Crippen molar-refractivity contribution in [2.75, 3.05) is 7.05 Å². The molecule has 0 aliphatic heterocycles. The lowest BCUT2D eigenvalue weighted by atomic mass is 10.4. The van der Waals surface area contributed by atoms with Crippen LogP contribution in [0.3, 0.4) is 0 Å². The normalized spacial score (nSPS) is 10.7. The third kappa shape index (κ3) is 2.34. The molecule has 0 radical (unpaired) electrons. The first-order chi connectivity index (χ1) is 7.29. The molecule has 0 spiro atoms. The average Bonchev–Trinajstić information content (AvgIpc) is 2.78. The molecular weight excluding hydrogens is 212 g/mol. The van der Waals surface area contributed by atoms with Crippen LogP contribution in [0.25, 0.3) is 0 Å². The van der Waals surface area contributed by atoms with Crippen LogP contribution < -0.4 is 10.2 Å². The maximum atomic E-state index is 11.0. The Bertz CT molecular complexity index is 484. The van der Waals surface area contributed by atoms with Gasteiger partial charge in [0.15, 0.2) is 0 Å². The Morgan fingerprint density at radius 2 is 2.53 bits per heavy atom. The summed E-state index contributed by atoms with van der Waals surface area (Å²) in [4.78, 5) is 17.8. The lowest BCUT2D eigenvalue weighted by Crippen LogP contribution is -2.12. The van der Waals surface area contributed by atoms with Crippen molar-refractivity contribution >= 4 is 11.3 Å². The molecule has 80 valence electrons. The zero-order valence-corrected chi connectivity index (χ0v) is 9.17. The monoisotopic (exact) mass is 224 g/mol. The largest absolute Gasteiger partial charge is 0.327 e. The van der Waals surface area contributed by atoms with Crippen molar-refractivity contribution in [1.82, 2.24) is 19.9 Å². The Kier molecular flexibility index (Phi) is 2.98. The molecule has 15 heavy (non-hydrogen) atoms. The van der Waals surface area contributed by atoms with E-state index in [0.29, 0.717) is 6.54 Å². The minimum Gasteiger partial charge on any atom is -0.327 e. The van der Waals surface area contributed by atoms with Crippen molar-refractivity contribution < 1.29 is 0 Å². The zero-order valence-electron chi connectivity index (χ0n) is 8.36. The van der Waals surface area contributed by atoms with Crippen LogP contribution >= 0.6 is 11.3 Å². The van der Waals surface area contributed by atoms with Gasteiger partial charge in [-0.25, -0.2) is 4.98 Å². The molecule has 0 saturated heterocycles. The Morgan fingerprint density at radius 1 is 1.67 bits per heavy atom. The van der Waals surface area contributed by atoms with Crippen LogP contribution in [0.5, 0.6) is 0 Å². The summed E-state index contributed by atoms with van der Waals surface area (Å²) < 4.78 is 2.01. The summed E-state index contributed by atoms with van der Waals surface area (Å²) in [6.45, 7) is 1.43. The van der Waals surface area contributed by atoms with E-state index in [9.17, 15) is 4.79 Å². The van der Waals surface area contributed by atoms with Crippen molar-refractivity contribution in [3.63, 3.8) is 0 Å². The van der Waals surface area contributed by atoms with E-state index in [4.69, 9.17) is 0 Å². The molecule has 0 aromatic carbocycles. The first kappa shape index (κ1) is 10.1. The van der Waals surface area contributed by atoms with Crippen molar-refractivity contribution in [3.05, 3.63) is 39.0 Å². The minimum atomic E-state index is -0.0136. The standard InChI is InChI=1S/C9H12N4OS/c1-10-2-8-3-11-6-13(8)4-7-5-15-9(14)12-7/h3,5-6,10H,2,4H2,1H3,(H,12,14). The molecule has 2 heterocycles. The second-order valence-corrected chi connectivity index (χ2v) is 4.06. The van der Waals surface area contributed by atoms with Crippen LogP contribution in [0.1, 0.15) is 11.4 Å². The number of imidazole rings is 1. The smallest absolute Gasteiger partial charge is 0.304 e. The second kappa shape index (κ2) is 4.41. The summed E-state index contributed by atoms with van der Waals surface area (Å²) in [6, 6.07) is 0. The Morgan fingerprint density at radius 3 is 3.20 bits per heavy atom. The summed E-state index contributed by atoms with van der Waals surface area (Å²) >= 11 is 1.18. The first-order valence-electron chi connectivity index (χ1n) is 4.60. The van der Waals surface area contributed by atoms with E-state index in [-0.39, 0.29) is 4.87 Å². The van der Waals surface area contributed by atoms with E-state index in [1.807, 2.05) is 23.2 Å². The number of nitrogens with zero attached hydrogens (tertiary/aromatic N) is 2. The van der Waals surface area contributed by atoms with Crippen LogP contribution in [0.4, 0.5) is 0 Å². The molecule has 0 saturated carbocycles. The molecule has 2 aromatic heterocycles. The highest BCUT2D eigenvalue weighted by Crippen LogP contribution is 2.04. The van der Waals surface area contributed by atoms with Crippen molar-refractivity contribution in [2.45, 2.75) is 13.1 Å². The lowest BCUT2D eigenvalue weighted by Gasteiger charge is -2.05. The van der Waals surface area contributed by atoms with Gasteiger partial charge in [-0.2, -0.15) is 0 Å². The summed E-state index contributed by atoms with van der Waals surface area (Å²) in [6.07, 6.45) is 3.59. The van der Waals surface area contributed by atoms with Gasteiger partial charge < -0.3 is 14.9 Å². The topological polar surface area (TPSA) is 62.7 Å². The Labute approximate surface area is 90.8 Å². The van der Waals surface area contributed by atoms with Crippen LogP contribution in [-0.4, -0.2) is 21.6 Å². The van der Waals surface area contributed by atoms with Gasteiger partial charge >= 0.3 is 4.87 Å². The summed E-state index contributed by atoms with van der Waals surface area (Å²) in [5.41, 5.74) is 2.02. The number of hydrogen-bond donors (Lipinski definition) is 2. The third-order valence-electron chi connectivity index (χ3n) is 2.07. The molecule has 0 aliphatic carbocycles. The molecule has 2 aromatic rings. The molecule has 0 unspecified atom stereocenters. The van der Waals surface area contributed by atoms with Crippen LogP contribution in [-0.2, 0) is 13.1 Å². The number of H-pyrrole nitrogens is 1. The fraction of sp³-hybridized carbons (Fsp3) is 0.333. The van der Waals surface area contributed by atoms with Gasteiger partial charge in [0.2, 0.25) is 0 Å². The van der Waals surface area contributed by atoms with Gasteiger partial charge in [0.25, 0.3) is 0 Å². The number of aromatic nitrogens is 3. The van der Waals surface area contributed by atoms with E-state index in [1.165, 1.54) is 11.3 Å². The van der Waals surface area contributed by atoms with Gasteiger partial charge in [0.05, 0.1) is 18.6 Å². The number of hydrogen-bond acceptors (Lipinski definition) is 4. The molecule has 0 amide bonds. The molecule has 0 aliphatic rings. The maximum absolute atomic E-state index is 11.0. The van der Waals surface area contributed by atoms with Crippen molar-refractivity contribution in [3.8, 4) is 0 Å². The lowest BCUT2D eigenvalue weighted by molar-refractivity contribution is 0.684. The van der Waals surface area contributed by atoms with Crippen LogP contribution in [0.15, 0.2) is 22.7 Å². The maximum Gasteiger partial charge on any atom is 0.304 e. The van der Waals surface area contributed by atoms with Crippen LogP contribution in [0, 0.1) is 0 Å². The van der Waals surface area contributed by atoms with Crippen molar-refractivity contribution in [1.29, 1.82) is 0 Å². The number of rotatable bonds is 4. The predicted molar refractivity (Wildman–Crippen MR) is 59.0 cm³/mol. The van der Waals surface area contributed by atoms with Crippen molar-refractivity contribution in [2.24, 2.45) is 0 Å². The minimum absolute atomic E-state index is 0.0136. The fourth-order valence-electron chi connectivity index (χ4n) is 1.39. The average molecular weight is 224 g/mol. The Hall–Kier alpha value is -1.40. The molecule has 6 heteroatoms.